The van der Waals surface area contributed by atoms with E-state index >= 15 is 0 Å². The molecule has 3 rings (SSSR count). The summed E-state index contributed by atoms with van der Waals surface area (Å²) in [7, 11) is 0. The Labute approximate surface area is 177 Å². The predicted molar refractivity (Wildman–Crippen MR) is 116 cm³/mol. The van der Waals surface area contributed by atoms with E-state index in [-0.39, 0.29) is 12.1 Å². The molecule has 1 saturated heterocycles. The van der Waals surface area contributed by atoms with Gasteiger partial charge in [0.25, 0.3) is 0 Å². The van der Waals surface area contributed by atoms with Gasteiger partial charge in [-0.25, -0.2) is 14.8 Å². The normalized spacial score (nSPS) is 15.7. The Kier molecular flexibility index (Phi) is 8.07. The van der Waals surface area contributed by atoms with Crippen LogP contribution in [-0.2, 0) is 0 Å². The molecule has 0 aliphatic carbocycles. The number of nitrogens with one attached hydrogen (secondary N) is 2. The second kappa shape index (κ2) is 11.0. The van der Waals surface area contributed by atoms with Crippen LogP contribution in [0.1, 0.15) is 31.4 Å². The van der Waals surface area contributed by atoms with E-state index in [2.05, 4.69) is 37.3 Å². The molecule has 0 spiro atoms. The van der Waals surface area contributed by atoms with Crippen LogP contribution in [0, 0.1) is 0 Å². The van der Waals surface area contributed by atoms with E-state index < -0.39 is 0 Å². The molecular weight excluding hydrogens is 388 g/mol. The van der Waals surface area contributed by atoms with Crippen LogP contribution in [0.3, 0.4) is 0 Å². The van der Waals surface area contributed by atoms with Crippen LogP contribution >= 0.6 is 11.6 Å². The molecule has 1 unspecified atom stereocenters. The fraction of sp³-hybridized carbons (Fsp3) is 0.476. The van der Waals surface area contributed by atoms with Crippen molar-refractivity contribution >= 4 is 23.6 Å². The first kappa shape index (κ1) is 21.3. The van der Waals surface area contributed by atoms with Crippen LogP contribution in [0.15, 0.2) is 42.7 Å². The molecule has 2 N–H and O–H groups in total. The lowest BCUT2D eigenvalue weighted by Gasteiger charge is -2.34. The van der Waals surface area contributed by atoms with E-state index in [1.165, 1.54) is 0 Å². The lowest BCUT2D eigenvalue weighted by atomic mass is 10.1. The molecule has 156 valence electrons. The number of urea groups is 1. The van der Waals surface area contributed by atoms with Crippen LogP contribution in [0.2, 0.25) is 5.02 Å². The Bertz CT molecular complexity index is 750. The van der Waals surface area contributed by atoms with Crippen molar-refractivity contribution in [3.63, 3.8) is 0 Å². The summed E-state index contributed by atoms with van der Waals surface area (Å²) in [5.41, 5.74) is 1.06. The Morgan fingerprint density at radius 2 is 1.83 bits per heavy atom. The Hall–Kier alpha value is -2.38. The first-order chi connectivity index (χ1) is 14.2. The van der Waals surface area contributed by atoms with Gasteiger partial charge in [0.1, 0.15) is 0 Å². The Morgan fingerprint density at radius 1 is 1.14 bits per heavy atom. The largest absolute Gasteiger partial charge is 0.338 e. The minimum atomic E-state index is -0.127. The van der Waals surface area contributed by atoms with E-state index in [1.807, 2.05) is 30.3 Å². The van der Waals surface area contributed by atoms with Crippen LogP contribution in [-0.4, -0.2) is 60.2 Å². The maximum atomic E-state index is 12.2. The molecule has 1 aliphatic heterocycles. The number of benzene rings is 1. The molecule has 7 nitrogen and oxygen atoms in total. The van der Waals surface area contributed by atoms with Gasteiger partial charge in [0.05, 0.1) is 6.04 Å². The second-order valence-electron chi connectivity index (χ2n) is 7.14. The standard InChI is InChI=1S/C21H29ClN6O/c1-2-19(17-5-7-18(22)8-6-17)26-21(29)25-11-4-12-27-13-15-28(16-14-27)20-23-9-3-10-24-20/h3,5-10,19H,2,4,11-16H2,1H3,(H2,25,26,29). The number of nitrogens with zero attached hydrogens (tertiary/aromatic N) is 4. The lowest BCUT2D eigenvalue weighted by molar-refractivity contribution is 0.232. The molecule has 1 fully saturated rings. The molecule has 0 saturated carbocycles. The van der Waals surface area contributed by atoms with Crippen LogP contribution in [0.5, 0.6) is 0 Å². The van der Waals surface area contributed by atoms with Gasteiger partial charge in [-0.1, -0.05) is 30.7 Å². The number of halogens is 1. The molecule has 1 aromatic carbocycles. The van der Waals surface area contributed by atoms with Crippen molar-refractivity contribution in [1.29, 1.82) is 0 Å². The van der Waals surface area contributed by atoms with Crippen LogP contribution in [0.4, 0.5) is 10.7 Å². The summed E-state index contributed by atoms with van der Waals surface area (Å²) >= 11 is 5.94. The average molecular weight is 417 g/mol. The van der Waals surface area contributed by atoms with Gasteiger partial charge >= 0.3 is 6.03 Å². The van der Waals surface area contributed by atoms with E-state index in [9.17, 15) is 4.79 Å². The van der Waals surface area contributed by atoms with Crippen molar-refractivity contribution in [3.05, 3.63) is 53.3 Å². The average Bonchev–Trinajstić information content (AvgIpc) is 2.77. The summed E-state index contributed by atoms with van der Waals surface area (Å²) in [5, 5.41) is 6.71. The smallest absolute Gasteiger partial charge is 0.315 e. The summed E-state index contributed by atoms with van der Waals surface area (Å²) in [5.74, 6) is 0.802. The number of carbonyl (C=O) groups is 1. The highest BCUT2D eigenvalue weighted by Crippen LogP contribution is 2.19. The zero-order valence-electron chi connectivity index (χ0n) is 16.9. The summed E-state index contributed by atoms with van der Waals surface area (Å²) in [6, 6.07) is 9.30. The predicted octanol–water partition coefficient (Wildman–Crippen LogP) is 3.09. The third kappa shape index (κ3) is 6.58. The maximum Gasteiger partial charge on any atom is 0.315 e. The fourth-order valence-corrected chi connectivity index (χ4v) is 3.58. The zero-order chi connectivity index (χ0) is 20.5. The number of anilines is 1. The highest BCUT2D eigenvalue weighted by molar-refractivity contribution is 6.30. The van der Waals surface area contributed by atoms with Crippen molar-refractivity contribution < 1.29 is 4.79 Å². The van der Waals surface area contributed by atoms with Gasteiger partial charge in [-0.2, -0.15) is 0 Å². The fourth-order valence-electron chi connectivity index (χ4n) is 3.46. The second-order valence-corrected chi connectivity index (χ2v) is 7.58. The number of piperazine rings is 1. The number of hydrogen-bond donors (Lipinski definition) is 2. The molecule has 0 radical (unpaired) electrons. The van der Waals surface area contributed by atoms with E-state index in [4.69, 9.17) is 11.6 Å². The van der Waals surface area contributed by atoms with E-state index in [0.29, 0.717) is 11.6 Å². The minimum Gasteiger partial charge on any atom is -0.338 e. The number of amides is 2. The SMILES string of the molecule is CCC(NC(=O)NCCCN1CCN(c2ncccn2)CC1)c1ccc(Cl)cc1. The van der Waals surface area contributed by atoms with Crippen molar-refractivity contribution in [2.45, 2.75) is 25.8 Å². The van der Waals surface area contributed by atoms with Crippen LogP contribution in [0.25, 0.3) is 0 Å². The van der Waals surface area contributed by atoms with Gasteiger partial charge in [-0.05, 0) is 43.1 Å². The molecule has 2 amide bonds. The van der Waals surface area contributed by atoms with Crippen LogP contribution < -0.4 is 15.5 Å². The summed E-state index contributed by atoms with van der Waals surface area (Å²) in [4.78, 5) is 25.5. The molecule has 2 aromatic rings. The van der Waals surface area contributed by atoms with Crippen molar-refractivity contribution in [1.82, 2.24) is 25.5 Å². The maximum absolute atomic E-state index is 12.2. The quantitative estimate of drug-likeness (QED) is 0.647. The summed E-state index contributed by atoms with van der Waals surface area (Å²) < 4.78 is 0. The number of carbonyl (C=O) groups excluding carboxylic acids is 1. The first-order valence-corrected chi connectivity index (χ1v) is 10.6. The number of aromatic nitrogens is 2. The molecule has 1 aliphatic rings. The molecule has 0 bridgehead atoms. The first-order valence-electron chi connectivity index (χ1n) is 10.2. The van der Waals surface area contributed by atoms with Gasteiger partial charge in [-0.15, -0.1) is 0 Å². The van der Waals surface area contributed by atoms with E-state index in [1.54, 1.807) is 12.4 Å². The monoisotopic (exact) mass is 416 g/mol. The third-order valence-electron chi connectivity index (χ3n) is 5.13. The topological polar surface area (TPSA) is 73.4 Å². The van der Waals surface area contributed by atoms with Crippen molar-refractivity contribution in [3.8, 4) is 0 Å². The Balaban J connectivity index is 1.32. The molecular formula is C21H29ClN6O. The number of rotatable bonds is 8. The molecule has 2 heterocycles. The van der Waals surface area contributed by atoms with Gasteiger partial charge in [0, 0.05) is 50.1 Å². The highest BCUT2D eigenvalue weighted by Gasteiger charge is 2.18. The molecule has 29 heavy (non-hydrogen) atoms. The van der Waals surface area contributed by atoms with Gasteiger partial charge in [-0.3, -0.25) is 4.90 Å². The molecule has 1 atom stereocenters. The summed E-state index contributed by atoms with van der Waals surface area (Å²) in [6.07, 6.45) is 5.31. The van der Waals surface area contributed by atoms with Gasteiger partial charge < -0.3 is 15.5 Å². The third-order valence-corrected chi connectivity index (χ3v) is 5.38. The molecule has 8 heteroatoms. The zero-order valence-corrected chi connectivity index (χ0v) is 17.6. The van der Waals surface area contributed by atoms with Gasteiger partial charge in [0.15, 0.2) is 0 Å². The minimum absolute atomic E-state index is 0.0134. The van der Waals surface area contributed by atoms with E-state index in [0.717, 1.165) is 57.1 Å². The number of hydrogen-bond acceptors (Lipinski definition) is 5. The highest BCUT2D eigenvalue weighted by atomic mass is 35.5. The van der Waals surface area contributed by atoms with Gasteiger partial charge in [0.2, 0.25) is 5.95 Å². The van der Waals surface area contributed by atoms with Crippen molar-refractivity contribution in [2.24, 2.45) is 0 Å². The summed E-state index contributed by atoms with van der Waals surface area (Å²) in [6.45, 7) is 7.51. The molecule has 1 aromatic heterocycles. The Morgan fingerprint density at radius 3 is 2.48 bits per heavy atom. The lowest BCUT2D eigenvalue weighted by Crippen LogP contribution is -2.47. The van der Waals surface area contributed by atoms with Crippen molar-refractivity contribution in [2.75, 3.05) is 44.2 Å².